The van der Waals surface area contributed by atoms with Crippen LogP contribution in [0.2, 0.25) is 0 Å². The Morgan fingerprint density at radius 3 is 2.50 bits per heavy atom. The minimum Gasteiger partial charge on any atom is -0.326 e. The van der Waals surface area contributed by atoms with Gasteiger partial charge in [-0.2, -0.15) is 0 Å². The molecule has 86 valence electrons. The number of rotatable bonds is 5. The summed E-state index contributed by atoms with van der Waals surface area (Å²) in [6, 6.07) is 9.11. The zero-order valence-electron chi connectivity index (χ0n) is 9.07. The molecule has 0 spiro atoms. The summed E-state index contributed by atoms with van der Waals surface area (Å²) >= 11 is 3.22. The maximum Gasteiger partial charge on any atom is 0.231 e. The number of carbonyl (C=O) groups is 2. The summed E-state index contributed by atoms with van der Waals surface area (Å²) in [5, 5.41) is 3.26. The maximum absolute atomic E-state index is 11.5. The van der Waals surface area contributed by atoms with Crippen molar-refractivity contribution in [1.82, 2.24) is 0 Å². The summed E-state index contributed by atoms with van der Waals surface area (Å²) in [5.41, 5.74) is 0.715. The van der Waals surface area contributed by atoms with Crippen molar-refractivity contribution >= 4 is 33.3 Å². The van der Waals surface area contributed by atoms with Gasteiger partial charge in [0.2, 0.25) is 5.91 Å². The third kappa shape index (κ3) is 4.14. The van der Waals surface area contributed by atoms with E-state index in [0.29, 0.717) is 11.0 Å². The summed E-state index contributed by atoms with van der Waals surface area (Å²) in [4.78, 5) is 23.0. The lowest BCUT2D eigenvalue weighted by Gasteiger charge is -2.07. The lowest BCUT2D eigenvalue weighted by Crippen LogP contribution is -2.21. The Morgan fingerprint density at radius 2 is 1.94 bits per heavy atom. The Balaban J connectivity index is 2.46. The Morgan fingerprint density at radius 1 is 1.31 bits per heavy atom. The summed E-state index contributed by atoms with van der Waals surface area (Å²) < 4.78 is 0. The van der Waals surface area contributed by atoms with E-state index < -0.39 is 0 Å². The van der Waals surface area contributed by atoms with Gasteiger partial charge in [-0.05, 0) is 12.1 Å². The maximum atomic E-state index is 11.5. The van der Waals surface area contributed by atoms with Crippen LogP contribution in [-0.4, -0.2) is 17.0 Å². The van der Waals surface area contributed by atoms with E-state index in [1.807, 2.05) is 18.2 Å². The molecule has 1 N–H and O–H groups in total. The highest BCUT2D eigenvalue weighted by Gasteiger charge is 2.15. The number of carbonyl (C=O) groups excluding carboxylic acids is 2. The van der Waals surface area contributed by atoms with Gasteiger partial charge in [0.15, 0.2) is 0 Å². The first-order valence-corrected chi connectivity index (χ1v) is 6.19. The van der Waals surface area contributed by atoms with Gasteiger partial charge in [0.05, 0.1) is 6.42 Å². The van der Waals surface area contributed by atoms with Crippen molar-refractivity contribution in [3.63, 3.8) is 0 Å². The van der Waals surface area contributed by atoms with Crippen molar-refractivity contribution in [2.45, 2.75) is 13.3 Å². The fourth-order valence-corrected chi connectivity index (χ4v) is 1.51. The Labute approximate surface area is 103 Å². The second-order valence-electron chi connectivity index (χ2n) is 3.61. The van der Waals surface area contributed by atoms with E-state index in [1.54, 1.807) is 19.1 Å². The number of ketones is 1. The molecule has 4 heteroatoms. The molecule has 0 radical (unpaired) electrons. The van der Waals surface area contributed by atoms with Crippen molar-refractivity contribution in [2.75, 3.05) is 10.6 Å². The second-order valence-corrected chi connectivity index (χ2v) is 4.26. The molecular formula is C12H14BrNO2. The van der Waals surface area contributed by atoms with Crippen LogP contribution >= 0.6 is 15.9 Å². The van der Waals surface area contributed by atoms with Crippen molar-refractivity contribution in [1.29, 1.82) is 0 Å². The van der Waals surface area contributed by atoms with Gasteiger partial charge in [-0.3, -0.25) is 9.59 Å². The van der Waals surface area contributed by atoms with E-state index in [4.69, 9.17) is 0 Å². The molecule has 1 aromatic carbocycles. The van der Waals surface area contributed by atoms with Crippen LogP contribution in [-0.2, 0) is 9.59 Å². The average Bonchev–Trinajstić information content (AvgIpc) is 2.29. The zero-order chi connectivity index (χ0) is 12.0. The van der Waals surface area contributed by atoms with Crippen LogP contribution in [0.5, 0.6) is 0 Å². The molecule has 0 aromatic heterocycles. The molecule has 1 aromatic rings. The van der Waals surface area contributed by atoms with E-state index in [9.17, 15) is 9.59 Å². The Hall–Kier alpha value is -1.16. The standard InChI is InChI=1S/C12H14BrNO2/c1-9(8-13)11(15)7-12(16)14-10-5-3-2-4-6-10/h2-6,9H,7-8H2,1H3,(H,14,16). The highest BCUT2D eigenvalue weighted by Crippen LogP contribution is 2.08. The van der Waals surface area contributed by atoms with Gasteiger partial charge >= 0.3 is 0 Å². The summed E-state index contributed by atoms with van der Waals surface area (Å²) in [7, 11) is 0. The average molecular weight is 284 g/mol. The first-order valence-electron chi connectivity index (χ1n) is 5.07. The van der Waals surface area contributed by atoms with Crippen LogP contribution in [0.3, 0.4) is 0 Å². The van der Waals surface area contributed by atoms with Crippen molar-refractivity contribution in [3.05, 3.63) is 30.3 Å². The molecule has 1 amide bonds. The molecule has 0 fully saturated rings. The monoisotopic (exact) mass is 283 g/mol. The number of nitrogens with one attached hydrogen (secondary N) is 1. The molecule has 0 saturated heterocycles. The summed E-state index contributed by atoms with van der Waals surface area (Å²) in [5.74, 6) is -0.434. The molecule has 0 aliphatic rings. The zero-order valence-corrected chi connectivity index (χ0v) is 10.7. The highest BCUT2D eigenvalue weighted by atomic mass is 79.9. The third-order valence-electron chi connectivity index (χ3n) is 2.17. The molecule has 0 aliphatic carbocycles. The summed E-state index contributed by atoms with van der Waals surface area (Å²) in [6.07, 6.45) is -0.0678. The number of halogens is 1. The van der Waals surface area contributed by atoms with Gasteiger partial charge in [-0.15, -0.1) is 0 Å². The highest BCUT2D eigenvalue weighted by molar-refractivity contribution is 9.09. The van der Waals surface area contributed by atoms with Gasteiger partial charge in [0.25, 0.3) is 0 Å². The molecule has 16 heavy (non-hydrogen) atoms. The van der Waals surface area contributed by atoms with Crippen LogP contribution in [0.25, 0.3) is 0 Å². The van der Waals surface area contributed by atoms with Crippen LogP contribution < -0.4 is 5.32 Å². The minimum atomic E-state index is -0.260. The fourth-order valence-electron chi connectivity index (χ4n) is 1.15. The smallest absolute Gasteiger partial charge is 0.231 e. The van der Waals surface area contributed by atoms with Crippen LogP contribution in [0.4, 0.5) is 5.69 Å². The Kier molecular flexibility index (Phi) is 5.19. The minimum absolute atomic E-state index is 0.0506. The van der Waals surface area contributed by atoms with Crippen molar-refractivity contribution in [3.8, 4) is 0 Å². The predicted octanol–water partition coefficient (Wildman–Crippen LogP) is 2.62. The normalized spacial score (nSPS) is 11.9. The fraction of sp³-hybridized carbons (Fsp3) is 0.333. The quantitative estimate of drug-likeness (QED) is 0.667. The molecule has 0 bridgehead atoms. The van der Waals surface area contributed by atoms with E-state index >= 15 is 0 Å². The number of alkyl halides is 1. The van der Waals surface area contributed by atoms with Gasteiger partial charge in [0.1, 0.15) is 5.78 Å². The predicted molar refractivity (Wildman–Crippen MR) is 67.7 cm³/mol. The number of para-hydroxylation sites is 1. The van der Waals surface area contributed by atoms with E-state index in [2.05, 4.69) is 21.2 Å². The number of anilines is 1. The van der Waals surface area contributed by atoms with Crippen molar-refractivity contribution in [2.24, 2.45) is 5.92 Å². The molecule has 1 unspecified atom stereocenters. The molecule has 0 heterocycles. The number of benzene rings is 1. The van der Waals surface area contributed by atoms with Crippen molar-refractivity contribution < 1.29 is 9.59 Å². The number of hydrogen-bond acceptors (Lipinski definition) is 2. The number of hydrogen-bond donors (Lipinski definition) is 1. The van der Waals surface area contributed by atoms with E-state index in [-0.39, 0.29) is 24.0 Å². The summed E-state index contributed by atoms with van der Waals surface area (Å²) in [6.45, 7) is 1.80. The SMILES string of the molecule is CC(CBr)C(=O)CC(=O)Nc1ccccc1. The van der Waals surface area contributed by atoms with Crippen LogP contribution in [0, 0.1) is 5.92 Å². The third-order valence-corrected chi connectivity index (χ3v) is 3.14. The van der Waals surface area contributed by atoms with Crippen LogP contribution in [0.1, 0.15) is 13.3 Å². The van der Waals surface area contributed by atoms with E-state index in [1.165, 1.54) is 0 Å². The first kappa shape index (κ1) is 12.9. The molecule has 0 saturated carbocycles. The molecule has 1 atom stereocenters. The second kappa shape index (κ2) is 6.43. The van der Waals surface area contributed by atoms with Gasteiger partial charge < -0.3 is 5.32 Å². The van der Waals surface area contributed by atoms with Gasteiger partial charge in [-0.1, -0.05) is 41.1 Å². The Bertz CT molecular complexity index is 365. The molecule has 0 aliphatic heterocycles. The molecular weight excluding hydrogens is 270 g/mol. The topological polar surface area (TPSA) is 46.2 Å². The van der Waals surface area contributed by atoms with Gasteiger partial charge in [-0.25, -0.2) is 0 Å². The van der Waals surface area contributed by atoms with Gasteiger partial charge in [0, 0.05) is 16.9 Å². The number of Topliss-reactive ketones (excluding diaryl/α,β-unsaturated/α-hetero) is 1. The van der Waals surface area contributed by atoms with Crippen LogP contribution in [0.15, 0.2) is 30.3 Å². The number of amides is 1. The largest absolute Gasteiger partial charge is 0.326 e. The molecule has 1 rings (SSSR count). The lowest BCUT2D eigenvalue weighted by molar-refractivity contribution is -0.127. The van der Waals surface area contributed by atoms with E-state index in [0.717, 1.165) is 0 Å². The first-order chi connectivity index (χ1) is 7.63. The molecule has 3 nitrogen and oxygen atoms in total. The lowest BCUT2D eigenvalue weighted by atomic mass is 10.1.